The van der Waals surface area contributed by atoms with E-state index >= 15 is 0 Å². The molecule has 0 spiro atoms. The Labute approximate surface area is 150 Å². The molecule has 6 heteroatoms. The number of unbranched alkanes of at least 4 members (excludes halogenated alkanes) is 1. The molecule has 0 fully saturated rings. The molecule has 0 heterocycles. The highest BCUT2D eigenvalue weighted by Gasteiger charge is 2.25. The quantitative estimate of drug-likeness (QED) is 0.448. The van der Waals surface area contributed by atoms with Gasteiger partial charge in [-0.3, -0.25) is 9.59 Å². The average Bonchev–Trinajstić information content (AvgIpc) is 2.58. The Morgan fingerprint density at radius 3 is 2.20 bits per heavy atom. The molecule has 0 aliphatic heterocycles. The van der Waals surface area contributed by atoms with Crippen LogP contribution in [0.5, 0.6) is 0 Å². The minimum absolute atomic E-state index is 0.0207. The van der Waals surface area contributed by atoms with Gasteiger partial charge in [0.1, 0.15) is 6.04 Å². The van der Waals surface area contributed by atoms with Gasteiger partial charge in [0.2, 0.25) is 11.8 Å². The maximum atomic E-state index is 12.6. The van der Waals surface area contributed by atoms with E-state index < -0.39 is 6.04 Å². The van der Waals surface area contributed by atoms with Gasteiger partial charge in [0.25, 0.3) is 0 Å². The van der Waals surface area contributed by atoms with Crippen molar-refractivity contribution in [2.75, 3.05) is 13.6 Å². The highest BCUT2D eigenvalue weighted by atomic mass is 16.2. The summed E-state index contributed by atoms with van der Waals surface area (Å²) in [5.74, 6) is -0.316. The zero-order chi connectivity index (χ0) is 18.7. The molecule has 0 radical (unpaired) electrons. The first-order chi connectivity index (χ1) is 12.0. The number of hydrogen-bond donors (Lipinski definition) is 4. The lowest BCUT2D eigenvalue weighted by Gasteiger charge is -2.23. The molecule has 5 N–H and O–H groups in total. The second kappa shape index (κ2) is 11.6. The zero-order valence-corrected chi connectivity index (χ0v) is 15.5. The SMILES string of the molecule is CNC(CCCCN)C(=O)NC(Cc1ccccc1)C(=O)NC(C)C. The normalized spacial score (nSPS) is 13.3. The van der Waals surface area contributed by atoms with E-state index in [2.05, 4.69) is 16.0 Å². The molecule has 2 amide bonds. The fraction of sp³-hybridized carbons (Fsp3) is 0.579. The number of carbonyl (C=O) groups is 2. The molecule has 0 saturated heterocycles. The van der Waals surface area contributed by atoms with Gasteiger partial charge in [-0.1, -0.05) is 36.8 Å². The first kappa shape index (κ1) is 21.1. The number of benzene rings is 1. The molecule has 0 aliphatic rings. The topological polar surface area (TPSA) is 96.2 Å². The number of nitrogens with one attached hydrogen (secondary N) is 3. The van der Waals surface area contributed by atoms with Crippen LogP contribution in [0.1, 0.15) is 38.7 Å². The maximum absolute atomic E-state index is 12.6. The largest absolute Gasteiger partial charge is 0.352 e. The number of hydrogen-bond acceptors (Lipinski definition) is 4. The first-order valence-corrected chi connectivity index (χ1v) is 9.00. The monoisotopic (exact) mass is 348 g/mol. The smallest absolute Gasteiger partial charge is 0.243 e. The maximum Gasteiger partial charge on any atom is 0.243 e. The Balaban J connectivity index is 2.76. The summed E-state index contributed by atoms with van der Waals surface area (Å²) < 4.78 is 0. The molecule has 1 aromatic carbocycles. The molecule has 6 nitrogen and oxygen atoms in total. The van der Waals surface area contributed by atoms with E-state index in [-0.39, 0.29) is 23.9 Å². The molecular formula is C19H32N4O2. The molecular weight excluding hydrogens is 316 g/mol. The molecule has 140 valence electrons. The predicted molar refractivity (Wildman–Crippen MR) is 101 cm³/mol. The van der Waals surface area contributed by atoms with Crippen molar-refractivity contribution in [1.82, 2.24) is 16.0 Å². The van der Waals surface area contributed by atoms with Gasteiger partial charge in [0.05, 0.1) is 6.04 Å². The molecule has 0 saturated carbocycles. The highest BCUT2D eigenvalue weighted by Crippen LogP contribution is 2.06. The summed E-state index contributed by atoms with van der Waals surface area (Å²) >= 11 is 0. The van der Waals surface area contributed by atoms with Crippen molar-refractivity contribution < 1.29 is 9.59 Å². The van der Waals surface area contributed by atoms with Crippen LogP contribution in [0.4, 0.5) is 0 Å². The third-order valence-electron chi connectivity index (χ3n) is 3.96. The van der Waals surface area contributed by atoms with Gasteiger partial charge >= 0.3 is 0 Å². The standard InChI is InChI=1S/C19H32N4O2/c1-14(2)22-19(25)17(13-15-9-5-4-6-10-15)23-18(24)16(21-3)11-7-8-12-20/h4-6,9-10,14,16-17,21H,7-8,11-13,20H2,1-3H3,(H,22,25)(H,23,24). The van der Waals surface area contributed by atoms with Crippen LogP contribution in [-0.4, -0.2) is 43.5 Å². The molecule has 25 heavy (non-hydrogen) atoms. The van der Waals surface area contributed by atoms with Crippen LogP contribution in [0.15, 0.2) is 30.3 Å². The second-order valence-electron chi connectivity index (χ2n) is 6.54. The van der Waals surface area contributed by atoms with Crippen LogP contribution in [0, 0.1) is 0 Å². The molecule has 1 rings (SSSR count). The van der Waals surface area contributed by atoms with Gasteiger partial charge in [0.15, 0.2) is 0 Å². The summed E-state index contributed by atoms with van der Waals surface area (Å²) in [7, 11) is 1.76. The van der Waals surface area contributed by atoms with Gasteiger partial charge in [-0.15, -0.1) is 0 Å². The number of amides is 2. The number of nitrogens with two attached hydrogens (primary N) is 1. The number of likely N-dealkylation sites (N-methyl/N-ethyl adjacent to an activating group) is 1. The van der Waals surface area contributed by atoms with Crippen molar-refractivity contribution in [2.24, 2.45) is 5.73 Å². The van der Waals surface area contributed by atoms with Gasteiger partial charge in [0, 0.05) is 12.5 Å². The van der Waals surface area contributed by atoms with Crippen molar-refractivity contribution in [3.63, 3.8) is 0 Å². The molecule has 2 atom stereocenters. The van der Waals surface area contributed by atoms with Gasteiger partial charge < -0.3 is 21.7 Å². The van der Waals surface area contributed by atoms with Gasteiger partial charge in [-0.25, -0.2) is 0 Å². The minimum atomic E-state index is -0.595. The van der Waals surface area contributed by atoms with Crippen LogP contribution < -0.4 is 21.7 Å². The zero-order valence-electron chi connectivity index (χ0n) is 15.5. The predicted octanol–water partition coefficient (Wildman–Crippen LogP) is 0.956. The fourth-order valence-electron chi connectivity index (χ4n) is 2.62. The Hall–Kier alpha value is -1.92. The molecule has 0 aromatic heterocycles. The summed E-state index contributed by atoms with van der Waals surface area (Å²) in [6.45, 7) is 4.43. The number of rotatable bonds is 11. The summed E-state index contributed by atoms with van der Waals surface area (Å²) in [4.78, 5) is 25.1. The summed E-state index contributed by atoms with van der Waals surface area (Å²) in [5, 5.41) is 8.82. The van der Waals surface area contributed by atoms with Crippen molar-refractivity contribution >= 4 is 11.8 Å². The van der Waals surface area contributed by atoms with Crippen molar-refractivity contribution in [3.05, 3.63) is 35.9 Å². The third kappa shape index (κ3) is 8.14. The van der Waals surface area contributed by atoms with Crippen LogP contribution in [-0.2, 0) is 16.0 Å². The van der Waals surface area contributed by atoms with Gasteiger partial charge in [-0.2, -0.15) is 0 Å². The van der Waals surface area contributed by atoms with E-state index in [1.54, 1.807) is 7.05 Å². The Kier molecular flexibility index (Phi) is 9.80. The van der Waals surface area contributed by atoms with E-state index in [0.717, 1.165) is 18.4 Å². The van der Waals surface area contributed by atoms with E-state index in [4.69, 9.17) is 5.73 Å². The van der Waals surface area contributed by atoms with Crippen LogP contribution in [0.25, 0.3) is 0 Å². The van der Waals surface area contributed by atoms with E-state index in [1.807, 2.05) is 44.2 Å². The first-order valence-electron chi connectivity index (χ1n) is 9.00. The van der Waals surface area contributed by atoms with Crippen LogP contribution in [0.2, 0.25) is 0 Å². The van der Waals surface area contributed by atoms with Crippen LogP contribution in [0.3, 0.4) is 0 Å². The Morgan fingerprint density at radius 1 is 1.00 bits per heavy atom. The molecule has 2 unspecified atom stereocenters. The van der Waals surface area contributed by atoms with Crippen LogP contribution >= 0.6 is 0 Å². The Bertz CT molecular complexity index is 519. The summed E-state index contributed by atoms with van der Waals surface area (Å²) in [6.07, 6.45) is 2.91. The highest BCUT2D eigenvalue weighted by molar-refractivity contribution is 5.90. The molecule has 1 aromatic rings. The summed E-state index contributed by atoms with van der Waals surface area (Å²) in [6, 6.07) is 8.80. The van der Waals surface area contributed by atoms with E-state index in [1.165, 1.54) is 0 Å². The van der Waals surface area contributed by atoms with Gasteiger partial charge in [-0.05, 0) is 45.8 Å². The molecule has 0 aliphatic carbocycles. The Morgan fingerprint density at radius 2 is 1.64 bits per heavy atom. The van der Waals surface area contributed by atoms with Crippen molar-refractivity contribution in [1.29, 1.82) is 0 Å². The second-order valence-corrected chi connectivity index (χ2v) is 6.54. The lowest BCUT2D eigenvalue weighted by molar-refractivity contribution is -0.130. The summed E-state index contributed by atoms with van der Waals surface area (Å²) in [5.41, 5.74) is 6.52. The lowest BCUT2D eigenvalue weighted by Crippen LogP contribution is -2.54. The van der Waals surface area contributed by atoms with E-state index in [9.17, 15) is 9.59 Å². The van der Waals surface area contributed by atoms with Crippen molar-refractivity contribution in [2.45, 2.75) is 57.7 Å². The van der Waals surface area contributed by atoms with E-state index in [0.29, 0.717) is 19.4 Å². The average molecular weight is 348 g/mol. The minimum Gasteiger partial charge on any atom is -0.352 e. The number of carbonyl (C=O) groups excluding carboxylic acids is 2. The molecule has 0 bridgehead atoms. The fourth-order valence-corrected chi connectivity index (χ4v) is 2.62. The third-order valence-corrected chi connectivity index (χ3v) is 3.96. The lowest BCUT2D eigenvalue weighted by atomic mass is 10.0. The van der Waals surface area contributed by atoms with Crippen molar-refractivity contribution in [3.8, 4) is 0 Å².